The molecule has 32 heavy (non-hydrogen) atoms. The number of hydrogen-bond acceptors (Lipinski definition) is 7. The van der Waals surface area contributed by atoms with Crippen LogP contribution >= 0.6 is 0 Å². The van der Waals surface area contributed by atoms with Crippen molar-refractivity contribution in [2.75, 3.05) is 26.2 Å². The van der Waals surface area contributed by atoms with Crippen molar-refractivity contribution in [1.82, 2.24) is 25.4 Å². The first-order valence-corrected chi connectivity index (χ1v) is 11.2. The molecule has 3 rings (SSSR count). The number of pyridine rings is 1. The molecule has 0 aliphatic carbocycles. The predicted octanol–water partition coefficient (Wildman–Crippen LogP) is 1.76. The number of quaternary nitrogens is 1. The van der Waals surface area contributed by atoms with Gasteiger partial charge in [-0.1, -0.05) is 39.0 Å². The van der Waals surface area contributed by atoms with Crippen LogP contribution in [0, 0.1) is 10.1 Å². The van der Waals surface area contributed by atoms with Crippen LogP contribution in [0.25, 0.3) is 0 Å². The number of nitro groups is 1. The maximum absolute atomic E-state index is 13.4. The largest absolute Gasteiger partial charge is 0.328 e. The maximum Gasteiger partial charge on any atom is 0.328 e. The molecule has 2 aliphatic heterocycles. The molecule has 0 spiro atoms. The summed E-state index contributed by atoms with van der Waals surface area (Å²) in [6.07, 6.45) is 7.26. The molecule has 11 nitrogen and oxygen atoms in total. The van der Waals surface area contributed by atoms with Gasteiger partial charge >= 0.3 is 6.03 Å². The number of nitrogens with zero attached hydrogens (tertiary/aromatic N) is 3. The van der Waals surface area contributed by atoms with Gasteiger partial charge in [0.05, 0.1) is 18.0 Å². The lowest BCUT2D eigenvalue weighted by Crippen LogP contribution is -2.83. The number of unbranched alkanes of at least 4 members (excludes halogenated alkanes) is 5. The van der Waals surface area contributed by atoms with E-state index in [1.807, 2.05) is 0 Å². The van der Waals surface area contributed by atoms with Gasteiger partial charge in [-0.2, -0.15) is 4.98 Å². The molecule has 1 aromatic rings. The van der Waals surface area contributed by atoms with Crippen molar-refractivity contribution >= 4 is 29.4 Å². The molecule has 174 valence electrons. The number of nitrogens with one attached hydrogen (secondary N) is 3. The Morgan fingerprint density at radius 2 is 1.66 bits per heavy atom. The highest BCUT2D eigenvalue weighted by atomic mass is 16.6. The number of carbonyl (C=O) groups is 3. The number of carbonyl (C=O) groups excluding carboxylic acids is 3. The standard InChI is InChI=1S/C21H30N6O5/c1-2-3-4-5-6-7-10-21(18(28)24-20(30)25-19(21)29)27(13-11-22-12-14-27)17-9-8-16(15-23-17)26(31)32/h8-9,15,22H,2-7,10-14H2,1H3,(H-,24,25,28,29,30)/p+1. The van der Waals surface area contributed by atoms with Gasteiger partial charge in [0.2, 0.25) is 5.82 Å². The average molecular weight is 448 g/mol. The van der Waals surface area contributed by atoms with Gasteiger partial charge < -0.3 is 5.32 Å². The van der Waals surface area contributed by atoms with E-state index in [-0.39, 0.29) is 16.6 Å². The van der Waals surface area contributed by atoms with E-state index in [0.29, 0.717) is 38.4 Å². The van der Waals surface area contributed by atoms with Gasteiger partial charge in [0, 0.05) is 31.6 Å². The Balaban J connectivity index is 2.02. The summed E-state index contributed by atoms with van der Waals surface area (Å²) < 4.78 is -0.0854. The Hall–Kier alpha value is -2.92. The fourth-order valence-electron chi connectivity index (χ4n) is 4.86. The molecule has 2 aliphatic rings. The molecule has 0 saturated carbocycles. The average Bonchev–Trinajstić information content (AvgIpc) is 2.78. The molecule has 3 heterocycles. The molecule has 0 radical (unpaired) electrons. The van der Waals surface area contributed by atoms with E-state index in [0.717, 1.165) is 38.3 Å². The van der Waals surface area contributed by atoms with Crippen molar-refractivity contribution in [2.24, 2.45) is 0 Å². The third-order valence-corrected chi connectivity index (χ3v) is 6.55. The van der Waals surface area contributed by atoms with Crippen LogP contribution in [0.3, 0.4) is 0 Å². The third kappa shape index (κ3) is 4.35. The lowest BCUT2D eigenvalue weighted by Gasteiger charge is -2.52. The summed E-state index contributed by atoms with van der Waals surface area (Å²) in [7, 11) is 0. The second-order valence-electron chi connectivity index (χ2n) is 8.41. The van der Waals surface area contributed by atoms with Crippen LogP contribution in [-0.2, 0) is 9.59 Å². The van der Waals surface area contributed by atoms with E-state index in [4.69, 9.17) is 0 Å². The zero-order valence-corrected chi connectivity index (χ0v) is 18.4. The molecular formula is C21H31N6O5+. The molecule has 0 unspecified atom stereocenters. The van der Waals surface area contributed by atoms with Gasteiger partial charge in [-0.3, -0.25) is 34.8 Å². The van der Waals surface area contributed by atoms with E-state index >= 15 is 0 Å². The fourth-order valence-corrected chi connectivity index (χ4v) is 4.86. The second kappa shape index (κ2) is 10.1. The highest BCUT2D eigenvalue weighted by Gasteiger charge is 2.66. The van der Waals surface area contributed by atoms with E-state index in [9.17, 15) is 24.5 Å². The van der Waals surface area contributed by atoms with E-state index in [2.05, 4.69) is 27.9 Å². The summed E-state index contributed by atoms with van der Waals surface area (Å²) in [5.41, 5.74) is -1.75. The molecular weight excluding hydrogens is 416 g/mol. The molecule has 0 bridgehead atoms. The first-order chi connectivity index (χ1) is 15.4. The number of imide groups is 2. The lowest BCUT2D eigenvalue weighted by molar-refractivity contribution is -0.385. The van der Waals surface area contributed by atoms with Crippen molar-refractivity contribution in [3.63, 3.8) is 0 Å². The summed E-state index contributed by atoms with van der Waals surface area (Å²) >= 11 is 0. The van der Waals surface area contributed by atoms with Gasteiger partial charge in [-0.25, -0.2) is 4.79 Å². The molecule has 2 fully saturated rings. The first-order valence-electron chi connectivity index (χ1n) is 11.2. The highest BCUT2D eigenvalue weighted by Crippen LogP contribution is 2.39. The Kier molecular flexibility index (Phi) is 7.52. The van der Waals surface area contributed by atoms with E-state index in [1.165, 1.54) is 12.1 Å². The Morgan fingerprint density at radius 1 is 1.03 bits per heavy atom. The first kappa shape index (κ1) is 23.7. The molecule has 0 atom stereocenters. The number of aromatic nitrogens is 1. The lowest BCUT2D eigenvalue weighted by atomic mass is 9.82. The minimum atomic E-state index is -1.58. The van der Waals surface area contributed by atoms with Crippen LogP contribution in [0.2, 0.25) is 0 Å². The molecule has 2 saturated heterocycles. The normalized spacial score (nSPS) is 19.8. The van der Waals surface area contributed by atoms with Crippen LogP contribution in [0.1, 0.15) is 51.9 Å². The summed E-state index contributed by atoms with van der Waals surface area (Å²) in [5.74, 6) is -0.869. The zero-order chi connectivity index (χ0) is 23.2. The van der Waals surface area contributed by atoms with Crippen molar-refractivity contribution in [3.05, 3.63) is 28.4 Å². The van der Waals surface area contributed by atoms with Crippen LogP contribution in [0.5, 0.6) is 0 Å². The monoisotopic (exact) mass is 447 g/mol. The minimum absolute atomic E-state index is 0.0854. The van der Waals surface area contributed by atoms with Gasteiger partial charge in [-0.15, -0.1) is 0 Å². The number of rotatable bonds is 10. The topological polar surface area (TPSA) is 143 Å². The maximum atomic E-state index is 13.4. The number of barbiturate groups is 1. The smallest absolute Gasteiger partial charge is 0.306 e. The summed E-state index contributed by atoms with van der Waals surface area (Å²) in [5, 5.41) is 19.0. The van der Waals surface area contributed by atoms with E-state index in [1.54, 1.807) is 0 Å². The molecule has 11 heteroatoms. The van der Waals surface area contributed by atoms with Crippen LogP contribution in [0.4, 0.5) is 16.3 Å². The van der Waals surface area contributed by atoms with Gasteiger partial charge in [0.25, 0.3) is 23.0 Å². The zero-order valence-electron chi connectivity index (χ0n) is 18.4. The quantitative estimate of drug-likeness (QED) is 0.163. The molecule has 0 aromatic carbocycles. The van der Waals surface area contributed by atoms with Crippen molar-refractivity contribution in [1.29, 1.82) is 0 Å². The fraction of sp³-hybridized carbons (Fsp3) is 0.619. The van der Waals surface area contributed by atoms with Crippen molar-refractivity contribution in [3.8, 4) is 0 Å². The summed E-state index contributed by atoms with van der Waals surface area (Å²) in [4.78, 5) is 53.6. The van der Waals surface area contributed by atoms with Gasteiger partial charge in [0.15, 0.2) is 0 Å². The van der Waals surface area contributed by atoms with Crippen LogP contribution in [0.15, 0.2) is 18.3 Å². The predicted molar refractivity (Wildman–Crippen MR) is 118 cm³/mol. The summed E-state index contributed by atoms with van der Waals surface area (Å²) in [6, 6.07) is 2.03. The molecule has 4 amide bonds. The Labute approximate surface area is 186 Å². The Bertz CT molecular complexity index is 846. The number of urea groups is 1. The molecule has 3 N–H and O–H groups in total. The Morgan fingerprint density at radius 3 is 2.22 bits per heavy atom. The minimum Gasteiger partial charge on any atom is -0.306 e. The molecule has 1 aromatic heterocycles. The SMILES string of the molecule is CCCCCCCCC1([N+]2(c3ccc([N+](=O)[O-])cn3)CCNCC2)C(=O)NC(=O)NC1=O. The van der Waals surface area contributed by atoms with E-state index < -0.39 is 28.3 Å². The number of hydrogen-bond donors (Lipinski definition) is 3. The van der Waals surface area contributed by atoms with Crippen LogP contribution < -0.4 is 20.4 Å². The van der Waals surface area contributed by atoms with Gasteiger partial charge in [0.1, 0.15) is 6.20 Å². The van der Waals surface area contributed by atoms with Crippen molar-refractivity contribution in [2.45, 2.75) is 57.4 Å². The van der Waals surface area contributed by atoms with Gasteiger partial charge in [-0.05, 0) is 6.42 Å². The third-order valence-electron chi connectivity index (χ3n) is 6.55. The highest BCUT2D eigenvalue weighted by molar-refractivity contribution is 6.23. The number of amides is 4. The number of piperazine rings is 1. The second-order valence-corrected chi connectivity index (χ2v) is 8.41. The summed E-state index contributed by atoms with van der Waals surface area (Å²) in [6.45, 7) is 3.97. The van der Waals surface area contributed by atoms with Crippen LogP contribution in [-0.4, -0.2) is 59.5 Å². The van der Waals surface area contributed by atoms with Crippen molar-refractivity contribution < 1.29 is 19.3 Å².